The van der Waals surface area contributed by atoms with Crippen LogP contribution in [0.25, 0.3) is 33.1 Å². The maximum Gasteiger partial charge on any atom is 0.222 e. The third kappa shape index (κ3) is 2.86. The number of nitrogens with one attached hydrogen (secondary N) is 1. The molecule has 8 rings (SSSR count). The Hall–Kier alpha value is -2.95. The van der Waals surface area contributed by atoms with Crippen molar-refractivity contribution < 1.29 is 4.79 Å². The lowest BCUT2D eigenvalue weighted by molar-refractivity contribution is -0.127. The second-order valence-corrected chi connectivity index (χ2v) is 10.5. The zero-order valence-corrected chi connectivity index (χ0v) is 18.3. The molecule has 0 radical (unpaired) electrons. The van der Waals surface area contributed by atoms with Gasteiger partial charge in [0.2, 0.25) is 5.91 Å². The first-order valence-electron chi connectivity index (χ1n) is 12.1. The van der Waals surface area contributed by atoms with Crippen molar-refractivity contribution in [3.8, 4) is 0 Å². The maximum absolute atomic E-state index is 13.1. The predicted octanol–water partition coefficient (Wildman–Crippen LogP) is 5.21. The summed E-state index contributed by atoms with van der Waals surface area (Å²) in [6.07, 6.45) is 8.23. The molecule has 4 bridgehead atoms. The number of aryl methyl sites for hydroxylation is 1. The first kappa shape index (κ1) is 18.6. The molecule has 1 amide bonds. The number of hydrogen-bond acceptors (Lipinski definition) is 3. The van der Waals surface area contributed by atoms with Crippen molar-refractivity contribution in [3.63, 3.8) is 0 Å². The summed E-state index contributed by atoms with van der Waals surface area (Å²) in [5, 5.41) is 4.62. The minimum Gasteiger partial charge on any atom is -0.351 e. The van der Waals surface area contributed by atoms with Crippen LogP contribution >= 0.6 is 0 Å². The van der Waals surface area contributed by atoms with Gasteiger partial charge in [-0.05, 0) is 74.5 Å². The lowest BCUT2D eigenvalue weighted by Crippen LogP contribution is -2.59. The van der Waals surface area contributed by atoms with Crippen molar-refractivity contribution >= 4 is 39.0 Å². The fraction of sp³-hybridized carbons (Fsp3) is 0.444. The van der Waals surface area contributed by atoms with E-state index in [-0.39, 0.29) is 11.4 Å². The Bertz CT molecular complexity index is 1340. The van der Waals surface area contributed by atoms with Crippen LogP contribution in [0.4, 0.5) is 0 Å². The molecule has 4 saturated carbocycles. The SMILES string of the molecule is O=C(CCn1c2ccccc2c2nc3ccccc3nc21)NC12CC3CC(CC(C3)C1)C2. The van der Waals surface area contributed by atoms with Gasteiger partial charge in [0, 0.05) is 23.9 Å². The molecule has 2 aromatic carbocycles. The molecule has 5 heteroatoms. The van der Waals surface area contributed by atoms with E-state index in [0.29, 0.717) is 13.0 Å². The number of fused-ring (bicyclic) bond motifs is 4. The Morgan fingerprint density at radius 3 is 2.25 bits per heavy atom. The summed E-state index contributed by atoms with van der Waals surface area (Å²) in [6.45, 7) is 0.620. The van der Waals surface area contributed by atoms with Crippen molar-refractivity contribution in [1.82, 2.24) is 19.9 Å². The number of nitrogens with zero attached hydrogens (tertiary/aromatic N) is 3. The minimum atomic E-state index is 0.0721. The van der Waals surface area contributed by atoms with Gasteiger partial charge in [-0.3, -0.25) is 4.79 Å². The Kier molecular flexibility index (Phi) is 3.94. The third-order valence-electron chi connectivity index (χ3n) is 8.26. The number of carbonyl (C=O) groups excluding carboxylic acids is 1. The highest BCUT2D eigenvalue weighted by Crippen LogP contribution is 2.55. The van der Waals surface area contributed by atoms with E-state index in [1.54, 1.807) is 0 Å². The molecular formula is C27H28N4O. The fourth-order valence-corrected chi connectivity index (χ4v) is 7.44. The molecule has 0 saturated heterocycles. The highest BCUT2D eigenvalue weighted by atomic mass is 16.1. The molecule has 2 aromatic heterocycles. The zero-order chi connectivity index (χ0) is 21.3. The van der Waals surface area contributed by atoms with Gasteiger partial charge < -0.3 is 9.88 Å². The molecule has 4 aliphatic rings. The Morgan fingerprint density at radius 1 is 0.906 bits per heavy atom. The average Bonchev–Trinajstić information content (AvgIpc) is 3.07. The monoisotopic (exact) mass is 424 g/mol. The van der Waals surface area contributed by atoms with Gasteiger partial charge in [0.25, 0.3) is 0 Å². The number of rotatable bonds is 4. The predicted molar refractivity (Wildman–Crippen MR) is 126 cm³/mol. The Labute approximate surface area is 187 Å². The van der Waals surface area contributed by atoms with Crippen molar-refractivity contribution in [2.24, 2.45) is 17.8 Å². The van der Waals surface area contributed by atoms with Crippen LogP contribution in [0.15, 0.2) is 48.5 Å². The van der Waals surface area contributed by atoms with Crippen LogP contribution in [-0.2, 0) is 11.3 Å². The summed E-state index contributed by atoms with van der Waals surface area (Å²) in [7, 11) is 0. The van der Waals surface area contributed by atoms with Crippen molar-refractivity contribution in [2.75, 3.05) is 0 Å². The molecule has 32 heavy (non-hydrogen) atoms. The van der Waals surface area contributed by atoms with E-state index in [0.717, 1.165) is 50.9 Å². The number of hydrogen-bond donors (Lipinski definition) is 1. The molecule has 5 nitrogen and oxygen atoms in total. The Morgan fingerprint density at radius 2 is 1.53 bits per heavy atom. The lowest BCUT2D eigenvalue weighted by atomic mass is 9.53. The third-order valence-corrected chi connectivity index (χ3v) is 8.26. The largest absolute Gasteiger partial charge is 0.351 e. The highest BCUT2D eigenvalue weighted by molar-refractivity contribution is 6.06. The molecule has 0 unspecified atom stereocenters. The van der Waals surface area contributed by atoms with E-state index < -0.39 is 0 Å². The number of amides is 1. The lowest BCUT2D eigenvalue weighted by Gasteiger charge is -2.56. The normalized spacial score (nSPS) is 28.7. The van der Waals surface area contributed by atoms with Gasteiger partial charge in [0.05, 0.1) is 16.6 Å². The fourth-order valence-electron chi connectivity index (χ4n) is 7.44. The smallest absolute Gasteiger partial charge is 0.222 e. The minimum absolute atomic E-state index is 0.0721. The summed E-state index contributed by atoms with van der Waals surface area (Å²) in [5.41, 5.74) is 4.75. The van der Waals surface area contributed by atoms with Crippen LogP contribution < -0.4 is 5.32 Å². The van der Waals surface area contributed by atoms with E-state index in [1.807, 2.05) is 36.4 Å². The number of carbonyl (C=O) groups is 1. The summed E-state index contributed by atoms with van der Waals surface area (Å²) in [5.74, 6) is 2.69. The zero-order valence-electron chi connectivity index (χ0n) is 18.3. The first-order valence-corrected chi connectivity index (χ1v) is 12.1. The van der Waals surface area contributed by atoms with Gasteiger partial charge in [-0.2, -0.15) is 0 Å². The maximum atomic E-state index is 13.1. The van der Waals surface area contributed by atoms with Crippen LogP contribution in [0, 0.1) is 17.8 Å². The van der Waals surface area contributed by atoms with Crippen LogP contribution in [0.5, 0.6) is 0 Å². The molecular weight excluding hydrogens is 396 g/mol. The first-order chi connectivity index (χ1) is 15.7. The number of aromatic nitrogens is 3. The second-order valence-electron chi connectivity index (χ2n) is 10.5. The van der Waals surface area contributed by atoms with Crippen LogP contribution in [-0.4, -0.2) is 26.0 Å². The van der Waals surface area contributed by atoms with E-state index in [9.17, 15) is 4.79 Å². The summed E-state index contributed by atoms with van der Waals surface area (Å²) in [4.78, 5) is 23.0. The summed E-state index contributed by atoms with van der Waals surface area (Å²) >= 11 is 0. The molecule has 162 valence electrons. The molecule has 2 heterocycles. The van der Waals surface area contributed by atoms with Crippen molar-refractivity contribution in [3.05, 3.63) is 48.5 Å². The number of benzene rings is 2. The van der Waals surface area contributed by atoms with Crippen LogP contribution in [0.3, 0.4) is 0 Å². The van der Waals surface area contributed by atoms with E-state index >= 15 is 0 Å². The van der Waals surface area contributed by atoms with Crippen molar-refractivity contribution in [1.29, 1.82) is 0 Å². The standard InChI is InChI=1S/C27H28N4O/c32-24(30-27-14-17-11-18(15-27)13-19(12-17)16-27)9-10-31-23-8-4-1-5-20(23)25-26(31)29-22-7-3-2-6-21(22)28-25/h1-8,17-19H,9-16H2,(H,30,32). The summed E-state index contributed by atoms with van der Waals surface area (Å²) in [6, 6.07) is 16.3. The van der Waals surface area contributed by atoms with Gasteiger partial charge in [0.1, 0.15) is 5.52 Å². The molecule has 4 aromatic rings. The van der Waals surface area contributed by atoms with E-state index in [2.05, 4.69) is 22.0 Å². The van der Waals surface area contributed by atoms with Crippen LogP contribution in [0.1, 0.15) is 44.9 Å². The molecule has 0 spiro atoms. The van der Waals surface area contributed by atoms with Gasteiger partial charge in [-0.15, -0.1) is 0 Å². The average molecular weight is 425 g/mol. The van der Waals surface area contributed by atoms with E-state index in [1.165, 1.54) is 38.5 Å². The van der Waals surface area contributed by atoms with Gasteiger partial charge >= 0.3 is 0 Å². The quantitative estimate of drug-likeness (QED) is 0.489. The van der Waals surface area contributed by atoms with Gasteiger partial charge in [-0.1, -0.05) is 30.3 Å². The molecule has 4 fully saturated rings. The molecule has 4 aliphatic carbocycles. The summed E-state index contributed by atoms with van der Waals surface area (Å²) < 4.78 is 2.18. The number of para-hydroxylation sites is 3. The second kappa shape index (κ2) is 6.77. The van der Waals surface area contributed by atoms with Crippen LogP contribution in [0.2, 0.25) is 0 Å². The molecule has 0 atom stereocenters. The molecule has 0 aliphatic heterocycles. The van der Waals surface area contributed by atoms with Crippen molar-refractivity contribution in [2.45, 2.75) is 57.0 Å². The van der Waals surface area contributed by atoms with E-state index in [4.69, 9.17) is 9.97 Å². The highest BCUT2D eigenvalue weighted by Gasteiger charge is 2.51. The topological polar surface area (TPSA) is 59.8 Å². The Balaban J connectivity index is 1.19. The molecule has 1 N–H and O–H groups in total. The van der Waals surface area contributed by atoms with Gasteiger partial charge in [-0.25, -0.2) is 9.97 Å². The van der Waals surface area contributed by atoms with Gasteiger partial charge in [0.15, 0.2) is 5.65 Å².